The van der Waals surface area contributed by atoms with Crippen molar-refractivity contribution < 1.29 is 23.0 Å². The minimum atomic E-state index is -1.11. The van der Waals surface area contributed by atoms with E-state index in [1.165, 1.54) is 20.3 Å². The zero-order valence-electron chi connectivity index (χ0n) is 13.4. The van der Waals surface area contributed by atoms with Crippen molar-refractivity contribution in [1.82, 2.24) is 5.32 Å². The summed E-state index contributed by atoms with van der Waals surface area (Å²) in [5, 5.41) is 2.64. The van der Waals surface area contributed by atoms with Gasteiger partial charge in [0.05, 0.1) is 14.2 Å². The molecule has 0 heterocycles. The number of hydrogen-bond acceptors (Lipinski definition) is 4. The molecule has 5 nitrogen and oxygen atoms in total. The number of rotatable bonds is 6. The van der Waals surface area contributed by atoms with Gasteiger partial charge in [0.15, 0.2) is 11.6 Å². The molecule has 128 valence electrons. The number of benzene rings is 2. The number of nitrogens with one attached hydrogen (secondary N) is 1. The summed E-state index contributed by atoms with van der Waals surface area (Å²) < 4.78 is 37.3. The molecule has 2 aromatic carbocycles. The van der Waals surface area contributed by atoms with Crippen molar-refractivity contribution >= 4 is 5.91 Å². The van der Waals surface area contributed by atoms with Crippen LogP contribution in [0.1, 0.15) is 21.5 Å². The highest BCUT2D eigenvalue weighted by Gasteiger charge is 2.14. The van der Waals surface area contributed by atoms with Crippen LogP contribution in [-0.4, -0.2) is 20.1 Å². The van der Waals surface area contributed by atoms with Crippen molar-refractivity contribution in [3.63, 3.8) is 0 Å². The van der Waals surface area contributed by atoms with E-state index in [4.69, 9.17) is 15.2 Å². The Balaban J connectivity index is 2.15. The Morgan fingerprint density at radius 1 is 1.08 bits per heavy atom. The summed E-state index contributed by atoms with van der Waals surface area (Å²) in [6.07, 6.45) is 0. The molecule has 0 bridgehead atoms. The minimum absolute atomic E-state index is 0.00390. The van der Waals surface area contributed by atoms with Crippen LogP contribution in [0.3, 0.4) is 0 Å². The van der Waals surface area contributed by atoms with Gasteiger partial charge >= 0.3 is 0 Å². The van der Waals surface area contributed by atoms with Crippen LogP contribution < -0.4 is 20.5 Å². The van der Waals surface area contributed by atoms with Gasteiger partial charge in [-0.15, -0.1) is 0 Å². The van der Waals surface area contributed by atoms with Gasteiger partial charge in [-0.1, -0.05) is 0 Å². The minimum Gasteiger partial charge on any atom is -0.497 e. The lowest BCUT2D eigenvalue weighted by atomic mass is 10.1. The van der Waals surface area contributed by atoms with Crippen LogP contribution >= 0.6 is 0 Å². The monoisotopic (exact) mass is 336 g/mol. The Morgan fingerprint density at radius 2 is 1.71 bits per heavy atom. The fourth-order valence-corrected chi connectivity index (χ4v) is 2.18. The topological polar surface area (TPSA) is 73.6 Å². The summed E-state index contributed by atoms with van der Waals surface area (Å²) in [7, 11) is 3.04. The van der Waals surface area contributed by atoms with E-state index in [9.17, 15) is 13.6 Å². The first-order valence-electron chi connectivity index (χ1n) is 7.16. The largest absolute Gasteiger partial charge is 0.497 e. The number of amides is 1. The second-order valence-electron chi connectivity index (χ2n) is 5.04. The zero-order chi connectivity index (χ0) is 17.7. The van der Waals surface area contributed by atoms with E-state index in [2.05, 4.69) is 5.32 Å². The quantitative estimate of drug-likeness (QED) is 0.849. The standard InChI is InChI=1S/C17H18F2N2O3/c1-23-13-3-10(4-14(7-13)24-2)9-21-17(22)11-5-12(8-20)16(19)15(18)6-11/h3-7H,8-9,20H2,1-2H3,(H,21,22). The van der Waals surface area contributed by atoms with E-state index in [1.807, 2.05) is 0 Å². The molecular formula is C17H18F2N2O3. The Kier molecular flexibility index (Phi) is 5.70. The van der Waals surface area contributed by atoms with Crippen LogP contribution in [0.15, 0.2) is 30.3 Å². The second-order valence-corrected chi connectivity index (χ2v) is 5.04. The van der Waals surface area contributed by atoms with E-state index < -0.39 is 17.5 Å². The maximum atomic E-state index is 13.5. The average molecular weight is 336 g/mol. The van der Waals surface area contributed by atoms with Crippen LogP contribution in [0.5, 0.6) is 11.5 Å². The zero-order valence-corrected chi connectivity index (χ0v) is 13.4. The Morgan fingerprint density at radius 3 is 2.25 bits per heavy atom. The number of nitrogens with two attached hydrogens (primary N) is 1. The molecule has 0 aliphatic rings. The summed E-state index contributed by atoms with van der Waals surface area (Å²) >= 11 is 0. The van der Waals surface area contributed by atoms with Crippen LogP contribution in [-0.2, 0) is 13.1 Å². The molecule has 0 unspecified atom stereocenters. The predicted octanol–water partition coefficient (Wildman–Crippen LogP) is 2.37. The van der Waals surface area contributed by atoms with E-state index in [0.717, 1.165) is 11.6 Å². The summed E-state index contributed by atoms with van der Waals surface area (Å²) in [5.41, 5.74) is 6.04. The number of carbonyl (C=O) groups is 1. The first-order valence-corrected chi connectivity index (χ1v) is 7.16. The molecule has 7 heteroatoms. The molecule has 0 saturated carbocycles. The van der Waals surface area contributed by atoms with Crippen molar-refractivity contribution in [3.8, 4) is 11.5 Å². The van der Waals surface area contributed by atoms with Crippen molar-refractivity contribution in [2.45, 2.75) is 13.1 Å². The third-order valence-corrected chi connectivity index (χ3v) is 3.45. The smallest absolute Gasteiger partial charge is 0.251 e. The summed E-state index contributed by atoms with van der Waals surface area (Å²) in [6, 6.07) is 7.25. The molecule has 2 rings (SSSR count). The number of carbonyl (C=O) groups excluding carboxylic acids is 1. The molecular weight excluding hydrogens is 318 g/mol. The Hall–Kier alpha value is -2.67. The lowest BCUT2D eigenvalue weighted by Gasteiger charge is -2.10. The lowest BCUT2D eigenvalue weighted by Crippen LogP contribution is -2.23. The van der Waals surface area contributed by atoms with Crippen molar-refractivity contribution in [2.24, 2.45) is 5.73 Å². The van der Waals surface area contributed by atoms with E-state index in [1.54, 1.807) is 18.2 Å². The van der Waals surface area contributed by atoms with Crippen LogP contribution in [0, 0.1) is 11.6 Å². The molecule has 0 spiro atoms. The average Bonchev–Trinajstić information content (AvgIpc) is 2.61. The van der Waals surface area contributed by atoms with Gasteiger partial charge in [0.25, 0.3) is 5.91 Å². The molecule has 0 aromatic heterocycles. The highest BCUT2D eigenvalue weighted by Crippen LogP contribution is 2.22. The fourth-order valence-electron chi connectivity index (χ4n) is 2.18. The summed E-state index contributed by atoms with van der Waals surface area (Å²) in [5.74, 6) is -1.52. The summed E-state index contributed by atoms with van der Waals surface area (Å²) in [4.78, 5) is 12.2. The van der Waals surface area contributed by atoms with Crippen molar-refractivity contribution in [1.29, 1.82) is 0 Å². The normalized spacial score (nSPS) is 10.4. The van der Waals surface area contributed by atoms with Crippen LogP contribution in [0.4, 0.5) is 8.78 Å². The van der Waals surface area contributed by atoms with Gasteiger partial charge in [0.2, 0.25) is 0 Å². The maximum Gasteiger partial charge on any atom is 0.251 e. The maximum absolute atomic E-state index is 13.5. The number of halogens is 2. The Bertz CT molecular complexity index is 729. The predicted molar refractivity (Wildman–Crippen MR) is 85.0 cm³/mol. The van der Waals surface area contributed by atoms with Gasteiger partial charge in [0, 0.05) is 30.3 Å². The van der Waals surface area contributed by atoms with Gasteiger partial charge in [0.1, 0.15) is 11.5 Å². The van der Waals surface area contributed by atoms with Gasteiger partial charge in [-0.25, -0.2) is 8.78 Å². The molecule has 0 radical (unpaired) electrons. The lowest BCUT2D eigenvalue weighted by molar-refractivity contribution is 0.0950. The Labute approximate surface area is 138 Å². The van der Waals surface area contributed by atoms with Gasteiger partial charge in [-0.05, 0) is 29.8 Å². The van der Waals surface area contributed by atoms with Gasteiger partial charge < -0.3 is 20.5 Å². The first kappa shape index (κ1) is 17.7. The SMILES string of the molecule is COc1cc(CNC(=O)c2cc(F)c(F)c(CN)c2)cc(OC)c1. The first-order chi connectivity index (χ1) is 11.5. The van der Waals surface area contributed by atoms with Crippen LogP contribution in [0.2, 0.25) is 0 Å². The van der Waals surface area contributed by atoms with Gasteiger partial charge in [-0.2, -0.15) is 0 Å². The van der Waals surface area contributed by atoms with E-state index in [-0.39, 0.29) is 24.2 Å². The molecule has 0 saturated heterocycles. The van der Waals surface area contributed by atoms with E-state index in [0.29, 0.717) is 11.5 Å². The highest BCUT2D eigenvalue weighted by molar-refractivity contribution is 5.94. The summed E-state index contributed by atoms with van der Waals surface area (Å²) in [6.45, 7) is -0.0275. The fraction of sp³-hybridized carbons (Fsp3) is 0.235. The van der Waals surface area contributed by atoms with Crippen molar-refractivity contribution in [2.75, 3.05) is 14.2 Å². The molecule has 24 heavy (non-hydrogen) atoms. The molecule has 3 N–H and O–H groups in total. The molecule has 0 fully saturated rings. The second kappa shape index (κ2) is 7.74. The van der Waals surface area contributed by atoms with Crippen LogP contribution in [0.25, 0.3) is 0 Å². The number of hydrogen-bond donors (Lipinski definition) is 2. The molecule has 0 atom stereocenters. The molecule has 0 aliphatic carbocycles. The van der Waals surface area contributed by atoms with Crippen molar-refractivity contribution in [3.05, 3.63) is 58.7 Å². The number of methoxy groups -OCH3 is 2. The third-order valence-electron chi connectivity index (χ3n) is 3.45. The third kappa shape index (κ3) is 3.99. The van der Waals surface area contributed by atoms with E-state index >= 15 is 0 Å². The molecule has 2 aromatic rings. The number of ether oxygens (including phenoxy) is 2. The molecule has 1 amide bonds. The highest BCUT2D eigenvalue weighted by atomic mass is 19.2. The van der Waals surface area contributed by atoms with Gasteiger partial charge in [-0.3, -0.25) is 4.79 Å². The molecule has 0 aliphatic heterocycles.